The fourth-order valence-corrected chi connectivity index (χ4v) is 2.71. The number of nitro benzene ring substituents is 1. The van der Waals surface area contributed by atoms with Crippen LogP contribution < -0.4 is 4.74 Å². The number of hydrogen-bond acceptors (Lipinski definition) is 4. The number of carbonyl (C=O) groups excluding carboxylic acids is 1. The fraction of sp³-hybridized carbons (Fsp3) is 0.562. The molecule has 1 fully saturated rings. The Morgan fingerprint density at radius 2 is 2.23 bits per heavy atom. The quantitative estimate of drug-likeness (QED) is 0.460. The molecule has 6 nitrogen and oxygen atoms in total. The molecule has 1 amide bonds. The number of likely N-dealkylation sites (tertiary alicyclic amines) is 1. The zero-order chi connectivity index (χ0) is 15.9. The summed E-state index contributed by atoms with van der Waals surface area (Å²) < 4.78 is 5.44. The Hall–Kier alpha value is -2.11. The first-order valence-electron chi connectivity index (χ1n) is 7.72. The van der Waals surface area contributed by atoms with E-state index >= 15 is 0 Å². The minimum atomic E-state index is -0.463. The van der Waals surface area contributed by atoms with Crippen LogP contribution in [-0.4, -0.2) is 35.4 Å². The lowest BCUT2D eigenvalue weighted by molar-refractivity contribution is -0.385. The molecule has 0 aromatic heterocycles. The van der Waals surface area contributed by atoms with Crippen molar-refractivity contribution in [2.75, 3.05) is 19.7 Å². The van der Waals surface area contributed by atoms with E-state index in [9.17, 15) is 14.9 Å². The first kappa shape index (κ1) is 16.3. The van der Waals surface area contributed by atoms with Gasteiger partial charge in [-0.3, -0.25) is 14.9 Å². The van der Waals surface area contributed by atoms with Crippen LogP contribution in [0.2, 0.25) is 0 Å². The zero-order valence-corrected chi connectivity index (χ0v) is 12.9. The normalized spacial score (nSPS) is 18.0. The van der Waals surface area contributed by atoms with Gasteiger partial charge in [-0.05, 0) is 31.2 Å². The third-order valence-corrected chi connectivity index (χ3v) is 3.86. The number of piperidine rings is 1. The van der Waals surface area contributed by atoms with Gasteiger partial charge in [0.2, 0.25) is 5.91 Å². The molecule has 0 aliphatic carbocycles. The van der Waals surface area contributed by atoms with E-state index in [1.807, 2.05) is 4.90 Å². The molecule has 1 unspecified atom stereocenters. The summed E-state index contributed by atoms with van der Waals surface area (Å²) in [6.45, 7) is 4.15. The Morgan fingerprint density at radius 3 is 2.95 bits per heavy atom. The molecular formula is C16H22N2O4. The Morgan fingerprint density at radius 1 is 1.45 bits per heavy atom. The second-order valence-corrected chi connectivity index (χ2v) is 5.76. The third kappa shape index (κ3) is 4.44. The molecule has 2 rings (SSSR count). The molecule has 1 heterocycles. The summed E-state index contributed by atoms with van der Waals surface area (Å²) in [5.41, 5.74) is -0.0429. The Labute approximate surface area is 130 Å². The van der Waals surface area contributed by atoms with Gasteiger partial charge in [-0.25, -0.2) is 0 Å². The number of benzene rings is 1. The van der Waals surface area contributed by atoms with Crippen molar-refractivity contribution >= 4 is 11.6 Å². The first-order valence-corrected chi connectivity index (χ1v) is 7.72. The average molecular weight is 306 g/mol. The lowest BCUT2D eigenvalue weighted by Crippen LogP contribution is -2.39. The van der Waals surface area contributed by atoms with Crippen LogP contribution in [0, 0.1) is 16.0 Å². The predicted octanol–water partition coefficient (Wildman–Crippen LogP) is 3.01. The summed E-state index contributed by atoms with van der Waals surface area (Å²) in [5, 5.41) is 10.9. The van der Waals surface area contributed by atoms with E-state index in [1.54, 1.807) is 18.2 Å². The lowest BCUT2D eigenvalue weighted by atomic mass is 10.00. The molecule has 1 atom stereocenters. The molecule has 0 spiro atoms. The van der Waals surface area contributed by atoms with Gasteiger partial charge in [0.05, 0.1) is 11.5 Å². The number of nitrogens with zero attached hydrogens (tertiary/aromatic N) is 2. The van der Waals surface area contributed by atoms with Crippen molar-refractivity contribution in [2.45, 2.75) is 32.6 Å². The van der Waals surface area contributed by atoms with Crippen LogP contribution in [0.3, 0.4) is 0 Å². The van der Waals surface area contributed by atoms with Crippen LogP contribution in [0.4, 0.5) is 5.69 Å². The van der Waals surface area contributed by atoms with Crippen molar-refractivity contribution in [3.63, 3.8) is 0 Å². The lowest BCUT2D eigenvalue weighted by Gasteiger charge is -2.31. The number of rotatable bonds is 6. The van der Waals surface area contributed by atoms with Crippen molar-refractivity contribution in [1.29, 1.82) is 0 Å². The molecule has 0 N–H and O–H groups in total. The van der Waals surface area contributed by atoms with E-state index < -0.39 is 4.92 Å². The molecule has 1 aliphatic heterocycles. The summed E-state index contributed by atoms with van der Waals surface area (Å²) >= 11 is 0. The minimum Gasteiger partial charge on any atom is -0.487 e. The Kier molecular flexibility index (Phi) is 5.75. The maximum atomic E-state index is 12.1. The summed E-state index contributed by atoms with van der Waals surface area (Å²) in [7, 11) is 0. The van der Waals surface area contributed by atoms with Gasteiger partial charge in [0, 0.05) is 25.6 Å². The van der Waals surface area contributed by atoms with E-state index in [2.05, 4.69) is 6.92 Å². The van der Waals surface area contributed by atoms with Gasteiger partial charge in [-0.1, -0.05) is 19.1 Å². The van der Waals surface area contributed by atoms with Crippen LogP contribution in [0.15, 0.2) is 24.3 Å². The number of amides is 1. The second-order valence-electron chi connectivity index (χ2n) is 5.76. The predicted molar refractivity (Wildman–Crippen MR) is 82.8 cm³/mol. The van der Waals surface area contributed by atoms with Crippen LogP contribution in [0.25, 0.3) is 0 Å². The van der Waals surface area contributed by atoms with Crippen LogP contribution in [-0.2, 0) is 4.79 Å². The van der Waals surface area contributed by atoms with Gasteiger partial charge in [0.25, 0.3) is 0 Å². The number of para-hydroxylation sites is 2. The summed E-state index contributed by atoms with van der Waals surface area (Å²) in [6.07, 6.45) is 3.24. The SMILES string of the molecule is CC1CCCN(C(=O)CCCOc2ccccc2[N+](=O)[O-])C1. The molecule has 1 aliphatic rings. The largest absolute Gasteiger partial charge is 0.487 e. The molecule has 1 aromatic carbocycles. The number of hydrogen-bond donors (Lipinski definition) is 0. The molecule has 0 saturated carbocycles. The molecule has 0 radical (unpaired) electrons. The van der Waals surface area contributed by atoms with Gasteiger partial charge in [0.15, 0.2) is 5.75 Å². The second kappa shape index (κ2) is 7.77. The van der Waals surface area contributed by atoms with E-state index in [0.29, 0.717) is 25.4 Å². The Bertz CT molecular complexity index is 533. The van der Waals surface area contributed by atoms with Crippen molar-refractivity contribution in [2.24, 2.45) is 5.92 Å². The van der Waals surface area contributed by atoms with Gasteiger partial charge < -0.3 is 9.64 Å². The van der Waals surface area contributed by atoms with Gasteiger partial charge in [-0.2, -0.15) is 0 Å². The smallest absolute Gasteiger partial charge is 0.310 e. The van der Waals surface area contributed by atoms with Crippen molar-refractivity contribution in [3.05, 3.63) is 34.4 Å². The monoisotopic (exact) mass is 306 g/mol. The highest BCUT2D eigenvalue weighted by atomic mass is 16.6. The molecule has 120 valence electrons. The maximum Gasteiger partial charge on any atom is 0.310 e. The first-order chi connectivity index (χ1) is 10.6. The van der Waals surface area contributed by atoms with Crippen molar-refractivity contribution < 1.29 is 14.5 Å². The summed E-state index contributed by atoms with van der Waals surface area (Å²) in [5.74, 6) is 0.977. The third-order valence-electron chi connectivity index (χ3n) is 3.86. The number of ether oxygens (including phenoxy) is 1. The zero-order valence-electron chi connectivity index (χ0n) is 12.9. The van der Waals surface area contributed by atoms with Gasteiger partial charge >= 0.3 is 5.69 Å². The average Bonchev–Trinajstić information content (AvgIpc) is 2.51. The van der Waals surface area contributed by atoms with Gasteiger partial charge in [-0.15, -0.1) is 0 Å². The Balaban J connectivity index is 1.75. The fourth-order valence-electron chi connectivity index (χ4n) is 2.71. The highest BCUT2D eigenvalue weighted by Crippen LogP contribution is 2.26. The highest BCUT2D eigenvalue weighted by Gasteiger charge is 2.20. The molecule has 1 aromatic rings. The number of carbonyl (C=O) groups is 1. The summed E-state index contributed by atoms with van der Waals surface area (Å²) in [4.78, 5) is 24.4. The maximum absolute atomic E-state index is 12.1. The summed E-state index contributed by atoms with van der Waals surface area (Å²) in [6, 6.07) is 6.29. The minimum absolute atomic E-state index is 0.0429. The van der Waals surface area contributed by atoms with E-state index in [0.717, 1.165) is 19.5 Å². The molecular weight excluding hydrogens is 284 g/mol. The topological polar surface area (TPSA) is 72.7 Å². The van der Waals surface area contributed by atoms with Crippen LogP contribution >= 0.6 is 0 Å². The van der Waals surface area contributed by atoms with E-state index in [4.69, 9.17) is 4.74 Å². The van der Waals surface area contributed by atoms with Crippen LogP contribution in [0.5, 0.6) is 5.75 Å². The molecule has 1 saturated heterocycles. The number of nitro groups is 1. The molecule has 22 heavy (non-hydrogen) atoms. The molecule has 0 bridgehead atoms. The standard InChI is InChI=1S/C16H22N2O4/c1-13-6-4-10-17(12-13)16(19)9-5-11-22-15-8-3-2-7-14(15)18(20)21/h2-3,7-8,13H,4-6,9-12H2,1H3. The van der Waals surface area contributed by atoms with Crippen molar-refractivity contribution in [3.8, 4) is 5.75 Å². The van der Waals surface area contributed by atoms with Gasteiger partial charge in [0.1, 0.15) is 0 Å². The van der Waals surface area contributed by atoms with Crippen LogP contribution in [0.1, 0.15) is 32.6 Å². The van der Waals surface area contributed by atoms with Crippen molar-refractivity contribution in [1.82, 2.24) is 4.90 Å². The van der Waals surface area contributed by atoms with E-state index in [-0.39, 0.29) is 17.3 Å². The van der Waals surface area contributed by atoms with E-state index in [1.165, 1.54) is 12.5 Å². The molecule has 6 heteroatoms. The highest BCUT2D eigenvalue weighted by molar-refractivity contribution is 5.76.